The summed E-state index contributed by atoms with van der Waals surface area (Å²) in [5.74, 6) is 1.94. The molecule has 2 aromatic carbocycles. The van der Waals surface area contributed by atoms with Crippen molar-refractivity contribution in [3.8, 4) is 0 Å². The highest BCUT2D eigenvalue weighted by molar-refractivity contribution is 6.05. The van der Waals surface area contributed by atoms with Crippen LogP contribution in [0.5, 0.6) is 0 Å². The summed E-state index contributed by atoms with van der Waals surface area (Å²) in [5, 5.41) is 3.33. The van der Waals surface area contributed by atoms with Crippen LogP contribution in [0.4, 0.5) is 6.01 Å². The molecule has 2 heterocycles. The molecule has 7 heteroatoms. The number of oxazole rings is 1. The fraction of sp³-hybridized carbons (Fsp3) is 0.483. The number of hydrogen-bond donors (Lipinski definition) is 1. The smallest absolute Gasteiger partial charge is 0.299 e. The zero-order valence-corrected chi connectivity index (χ0v) is 21.0. The summed E-state index contributed by atoms with van der Waals surface area (Å²) in [5.41, 5.74) is 2.79. The number of rotatable bonds is 5. The van der Waals surface area contributed by atoms with Crippen LogP contribution in [0.3, 0.4) is 0 Å². The quantitative estimate of drug-likeness (QED) is 0.569. The van der Waals surface area contributed by atoms with Gasteiger partial charge in [-0.05, 0) is 55.2 Å². The van der Waals surface area contributed by atoms with Crippen LogP contribution >= 0.6 is 0 Å². The van der Waals surface area contributed by atoms with E-state index in [2.05, 4.69) is 12.2 Å². The molecule has 3 aromatic rings. The van der Waals surface area contributed by atoms with Crippen LogP contribution in [0.15, 0.2) is 52.9 Å². The number of anilines is 1. The fourth-order valence-corrected chi connectivity index (χ4v) is 6.70. The van der Waals surface area contributed by atoms with E-state index < -0.39 is 6.04 Å². The Morgan fingerprint density at radius 3 is 2.72 bits per heavy atom. The van der Waals surface area contributed by atoms with Crippen molar-refractivity contribution in [1.82, 2.24) is 15.2 Å². The molecule has 2 amide bonds. The molecular weight excluding hydrogens is 452 g/mol. The van der Waals surface area contributed by atoms with Crippen LogP contribution in [0, 0.1) is 17.8 Å². The van der Waals surface area contributed by atoms with Gasteiger partial charge >= 0.3 is 0 Å². The van der Waals surface area contributed by atoms with Gasteiger partial charge in [0, 0.05) is 25.7 Å². The van der Waals surface area contributed by atoms with E-state index in [4.69, 9.17) is 9.40 Å². The number of benzene rings is 2. The highest BCUT2D eigenvalue weighted by atomic mass is 16.4. The van der Waals surface area contributed by atoms with E-state index in [0.29, 0.717) is 54.1 Å². The Morgan fingerprint density at radius 2 is 1.92 bits per heavy atom. The van der Waals surface area contributed by atoms with E-state index in [0.717, 1.165) is 17.9 Å². The predicted molar refractivity (Wildman–Crippen MR) is 139 cm³/mol. The summed E-state index contributed by atoms with van der Waals surface area (Å²) in [6.45, 7) is 6.04. The lowest BCUT2D eigenvalue weighted by Crippen LogP contribution is -2.55. The third-order valence-corrected chi connectivity index (χ3v) is 8.78. The van der Waals surface area contributed by atoms with Crippen LogP contribution in [-0.4, -0.2) is 46.9 Å². The van der Waals surface area contributed by atoms with E-state index in [1.165, 1.54) is 19.3 Å². The van der Waals surface area contributed by atoms with Crippen molar-refractivity contribution in [3.05, 3.63) is 59.7 Å². The van der Waals surface area contributed by atoms with Crippen molar-refractivity contribution < 1.29 is 14.0 Å². The molecule has 2 saturated carbocycles. The Balaban J connectivity index is 1.19. The van der Waals surface area contributed by atoms with Gasteiger partial charge in [0.1, 0.15) is 11.6 Å². The van der Waals surface area contributed by atoms with E-state index in [1.807, 2.05) is 65.3 Å². The van der Waals surface area contributed by atoms with Crippen molar-refractivity contribution >= 4 is 28.9 Å². The number of fused-ring (bicyclic) bond motifs is 3. The molecule has 6 rings (SSSR count). The molecule has 3 aliphatic rings. The highest BCUT2D eigenvalue weighted by Gasteiger charge is 2.43. The first-order chi connectivity index (χ1) is 17.5. The van der Waals surface area contributed by atoms with Crippen LogP contribution in [0.2, 0.25) is 0 Å². The van der Waals surface area contributed by atoms with Gasteiger partial charge in [-0.2, -0.15) is 4.98 Å². The number of piperazine rings is 1. The van der Waals surface area contributed by atoms with E-state index in [1.54, 1.807) is 0 Å². The van der Waals surface area contributed by atoms with Crippen LogP contribution in [0.1, 0.15) is 55.5 Å². The van der Waals surface area contributed by atoms with Gasteiger partial charge < -0.3 is 19.5 Å². The fourth-order valence-electron chi connectivity index (χ4n) is 6.70. The third kappa shape index (κ3) is 4.04. The van der Waals surface area contributed by atoms with E-state index in [-0.39, 0.29) is 17.9 Å². The Morgan fingerprint density at radius 1 is 1.08 bits per heavy atom. The minimum absolute atomic E-state index is 0.0480. The zero-order valence-electron chi connectivity index (χ0n) is 21.0. The molecule has 188 valence electrons. The van der Waals surface area contributed by atoms with Crippen molar-refractivity contribution in [2.24, 2.45) is 17.8 Å². The number of amides is 2. The maximum absolute atomic E-state index is 13.4. The maximum atomic E-state index is 13.4. The number of hydrogen-bond acceptors (Lipinski definition) is 5. The van der Waals surface area contributed by atoms with Crippen molar-refractivity contribution in [2.45, 2.75) is 58.2 Å². The molecule has 2 bridgehead atoms. The molecule has 0 spiro atoms. The lowest BCUT2D eigenvalue weighted by molar-refractivity contribution is -0.134. The first kappa shape index (κ1) is 23.1. The maximum Gasteiger partial charge on any atom is 0.299 e. The second-order valence-corrected chi connectivity index (χ2v) is 10.8. The molecule has 4 unspecified atom stereocenters. The summed E-state index contributed by atoms with van der Waals surface area (Å²) in [6.07, 6.45) is 4.82. The highest BCUT2D eigenvalue weighted by Crippen LogP contribution is 2.46. The van der Waals surface area contributed by atoms with Gasteiger partial charge in [-0.1, -0.05) is 56.2 Å². The standard InChI is InChI=1S/C29H34N4O3/c1-18-21-10-6-11-22(18)24(16-21)30-27(34)23-12-7-13-25-26(23)31-29(36-25)33-15-14-32(28(35)19(33)2)17-20-8-4-3-5-9-20/h3-5,7-9,12-13,18-19,21-22,24H,6,10-11,14-17H2,1-2H3,(H,30,34)/t18?,19-,21?,22?,24?/m0/s1. The third-order valence-electron chi connectivity index (χ3n) is 8.78. The molecule has 7 nitrogen and oxygen atoms in total. The van der Waals surface area contributed by atoms with Gasteiger partial charge in [0.2, 0.25) is 5.91 Å². The van der Waals surface area contributed by atoms with Gasteiger partial charge in [0.15, 0.2) is 5.58 Å². The van der Waals surface area contributed by atoms with E-state index in [9.17, 15) is 9.59 Å². The largest absolute Gasteiger partial charge is 0.423 e. The summed E-state index contributed by atoms with van der Waals surface area (Å²) in [7, 11) is 0. The summed E-state index contributed by atoms with van der Waals surface area (Å²) in [4.78, 5) is 35.1. The van der Waals surface area contributed by atoms with Gasteiger partial charge in [-0.3, -0.25) is 9.59 Å². The molecular formula is C29H34N4O3. The first-order valence-electron chi connectivity index (χ1n) is 13.3. The average Bonchev–Trinajstić information content (AvgIpc) is 3.36. The van der Waals surface area contributed by atoms with Gasteiger partial charge in [0.25, 0.3) is 11.9 Å². The summed E-state index contributed by atoms with van der Waals surface area (Å²) >= 11 is 0. The molecule has 1 aromatic heterocycles. The van der Waals surface area contributed by atoms with Gasteiger partial charge in [0.05, 0.1) is 5.56 Å². The Kier molecular flexibility index (Phi) is 5.94. The molecule has 1 saturated heterocycles. The molecule has 2 aliphatic carbocycles. The van der Waals surface area contributed by atoms with Gasteiger partial charge in [-0.15, -0.1) is 0 Å². The lowest BCUT2D eigenvalue weighted by Gasteiger charge is -2.38. The summed E-state index contributed by atoms with van der Waals surface area (Å²) < 4.78 is 6.09. The average molecular weight is 487 g/mol. The Bertz CT molecular complexity index is 1270. The molecule has 1 aliphatic heterocycles. The lowest BCUT2D eigenvalue weighted by atomic mass is 9.79. The molecule has 0 radical (unpaired) electrons. The number of para-hydroxylation sites is 1. The topological polar surface area (TPSA) is 78.7 Å². The first-order valence-corrected chi connectivity index (χ1v) is 13.3. The molecule has 5 atom stereocenters. The van der Waals surface area contributed by atoms with Gasteiger partial charge in [-0.25, -0.2) is 0 Å². The number of aromatic nitrogens is 1. The second-order valence-electron chi connectivity index (χ2n) is 10.8. The normalized spacial score (nSPS) is 28.1. The molecule has 3 fully saturated rings. The molecule has 1 N–H and O–H groups in total. The number of carbonyl (C=O) groups excluding carboxylic acids is 2. The van der Waals surface area contributed by atoms with Crippen LogP contribution < -0.4 is 10.2 Å². The SMILES string of the molecule is CC1C2CCCC1C(NC(=O)c1cccc3oc(N4CCN(Cc5ccccc5)C(=O)[C@@H]4C)nc13)C2. The van der Waals surface area contributed by atoms with Crippen molar-refractivity contribution in [1.29, 1.82) is 0 Å². The zero-order chi connectivity index (χ0) is 24.8. The Hall–Kier alpha value is -3.35. The van der Waals surface area contributed by atoms with E-state index >= 15 is 0 Å². The number of nitrogens with zero attached hydrogens (tertiary/aromatic N) is 3. The predicted octanol–water partition coefficient (Wildman–Crippen LogP) is 4.62. The van der Waals surface area contributed by atoms with Crippen molar-refractivity contribution in [3.63, 3.8) is 0 Å². The molecule has 36 heavy (non-hydrogen) atoms. The Labute approximate surface area is 211 Å². The van der Waals surface area contributed by atoms with Crippen LogP contribution in [0.25, 0.3) is 11.1 Å². The summed E-state index contributed by atoms with van der Waals surface area (Å²) in [6, 6.07) is 15.8. The second kappa shape index (κ2) is 9.26. The minimum atomic E-state index is -0.396. The monoisotopic (exact) mass is 486 g/mol. The number of nitrogens with one attached hydrogen (secondary N) is 1. The van der Waals surface area contributed by atoms with Crippen molar-refractivity contribution in [2.75, 3.05) is 18.0 Å². The van der Waals surface area contributed by atoms with Crippen LogP contribution in [-0.2, 0) is 11.3 Å². The number of carbonyl (C=O) groups is 2. The minimum Gasteiger partial charge on any atom is -0.423 e.